The number of nitrogens with one attached hydrogen (secondary N) is 3. The van der Waals surface area contributed by atoms with Gasteiger partial charge in [-0.2, -0.15) is 12.7 Å². The highest BCUT2D eigenvalue weighted by Gasteiger charge is 2.29. The molecule has 3 N–H and O–H groups in total. The van der Waals surface area contributed by atoms with Crippen molar-refractivity contribution >= 4 is 21.9 Å². The van der Waals surface area contributed by atoms with Crippen molar-refractivity contribution < 1.29 is 13.2 Å². The number of likely N-dealkylation sites (tertiary alicyclic amines) is 2. The van der Waals surface area contributed by atoms with Gasteiger partial charge in [0.2, 0.25) is 0 Å². The minimum absolute atomic E-state index is 0.189. The second-order valence-electron chi connectivity index (χ2n) is 11.9. The number of benzene rings is 1. The Labute approximate surface area is 236 Å². The van der Waals surface area contributed by atoms with Crippen LogP contribution in [0.1, 0.15) is 73.6 Å². The Balaban J connectivity index is 0.000000298. The number of anilines is 1. The first kappa shape index (κ1) is 30.2. The van der Waals surface area contributed by atoms with Crippen molar-refractivity contribution in [3.63, 3.8) is 0 Å². The number of hydrogen-bond donors (Lipinski definition) is 3. The van der Waals surface area contributed by atoms with Crippen LogP contribution in [0.3, 0.4) is 0 Å². The highest BCUT2D eigenvalue weighted by Crippen LogP contribution is 2.38. The summed E-state index contributed by atoms with van der Waals surface area (Å²) in [5.74, 6) is 0. The molecule has 4 aliphatic rings. The summed E-state index contributed by atoms with van der Waals surface area (Å²) in [6, 6.07) is 2.61. The van der Waals surface area contributed by atoms with Crippen LogP contribution in [0.15, 0.2) is 6.07 Å². The van der Waals surface area contributed by atoms with Crippen molar-refractivity contribution in [1.29, 1.82) is 0 Å². The largest absolute Gasteiger partial charge is 0.333 e. The van der Waals surface area contributed by atoms with Crippen LogP contribution >= 0.6 is 0 Å². The second-order valence-corrected chi connectivity index (χ2v) is 13.7. The quantitative estimate of drug-likeness (QED) is 0.473. The van der Waals surface area contributed by atoms with Crippen LogP contribution < -0.4 is 15.4 Å². The average Bonchev–Trinajstić information content (AvgIpc) is 3.56. The Kier molecular flexibility index (Phi) is 10.7. The van der Waals surface area contributed by atoms with Gasteiger partial charge in [-0.15, -0.1) is 0 Å². The van der Waals surface area contributed by atoms with E-state index < -0.39 is 16.2 Å². The first-order chi connectivity index (χ1) is 18.7. The monoisotopic (exact) mass is 562 g/mol. The molecule has 1 aromatic carbocycles. The fourth-order valence-corrected chi connectivity index (χ4v) is 7.52. The van der Waals surface area contributed by atoms with Crippen LogP contribution in [-0.4, -0.2) is 95.0 Å². The average molecular weight is 563 g/mol. The van der Waals surface area contributed by atoms with Crippen LogP contribution in [0, 0.1) is 0 Å². The molecule has 0 radical (unpaired) electrons. The van der Waals surface area contributed by atoms with Crippen molar-refractivity contribution in [3.05, 3.63) is 28.3 Å². The molecule has 0 bridgehead atoms. The van der Waals surface area contributed by atoms with Crippen LogP contribution in [0.2, 0.25) is 0 Å². The van der Waals surface area contributed by atoms with E-state index in [2.05, 4.69) is 38.3 Å². The molecule has 0 saturated carbocycles. The molecule has 39 heavy (non-hydrogen) atoms. The third-order valence-corrected chi connectivity index (χ3v) is 10.5. The SMILES string of the molecule is CN1CCCCC1CN(C)S(=O)(=O)NC(=O)Nc1c2c(cc3c1CCC3)CCC2.CNCC1CCCCN1C. The Hall–Kier alpha value is -1.72. The van der Waals surface area contributed by atoms with E-state index in [0.29, 0.717) is 6.54 Å². The number of urea groups is 1. The van der Waals surface area contributed by atoms with Crippen molar-refractivity contribution in [2.75, 3.05) is 59.7 Å². The summed E-state index contributed by atoms with van der Waals surface area (Å²) < 4.78 is 28.9. The third kappa shape index (κ3) is 7.73. The number of carbonyl (C=O) groups is 1. The zero-order valence-electron chi connectivity index (χ0n) is 24.5. The maximum absolute atomic E-state index is 12.7. The van der Waals surface area contributed by atoms with Gasteiger partial charge in [0.15, 0.2) is 0 Å². The predicted molar refractivity (Wildman–Crippen MR) is 159 cm³/mol. The van der Waals surface area contributed by atoms with Gasteiger partial charge in [0.1, 0.15) is 0 Å². The van der Waals surface area contributed by atoms with E-state index in [9.17, 15) is 13.2 Å². The predicted octanol–water partition coefficient (Wildman–Crippen LogP) is 3.14. The zero-order chi connectivity index (χ0) is 28.0. The van der Waals surface area contributed by atoms with Gasteiger partial charge in [0.05, 0.1) is 0 Å². The lowest BCUT2D eigenvalue weighted by Gasteiger charge is -2.34. The molecule has 9 nitrogen and oxygen atoms in total. The van der Waals surface area contributed by atoms with Crippen LogP contribution in [-0.2, 0) is 35.9 Å². The Morgan fingerprint density at radius 2 is 1.46 bits per heavy atom. The number of piperidine rings is 2. The van der Waals surface area contributed by atoms with Crippen molar-refractivity contribution in [2.45, 2.75) is 89.1 Å². The maximum Gasteiger partial charge on any atom is 0.333 e. The smallest absolute Gasteiger partial charge is 0.318 e. The van der Waals surface area contributed by atoms with E-state index in [-0.39, 0.29) is 6.04 Å². The van der Waals surface area contributed by atoms with Gasteiger partial charge in [-0.25, -0.2) is 9.52 Å². The molecule has 2 heterocycles. The lowest BCUT2D eigenvalue weighted by molar-refractivity contribution is 0.165. The molecule has 1 aromatic rings. The van der Waals surface area contributed by atoms with E-state index >= 15 is 0 Å². The van der Waals surface area contributed by atoms with E-state index in [1.54, 1.807) is 0 Å². The first-order valence-electron chi connectivity index (χ1n) is 15.0. The third-order valence-electron chi connectivity index (χ3n) is 9.09. The summed E-state index contributed by atoms with van der Waals surface area (Å²) in [6.45, 7) is 3.80. The molecule has 2 fully saturated rings. The standard InChI is InChI=1S/C21H32N4O3S.C8H18N2/c1-24-12-4-3-9-17(24)14-25(2)29(27,28)23-21(26)22-20-18-10-5-7-15(18)13-16-8-6-11-19(16)20;1-9-7-8-5-3-4-6-10(8)2/h13,17H,3-12,14H2,1-2H3,(H2,22,23,26);8-9H,3-7H2,1-2H3. The minimum atomic E-state index is -3.89. The molecule has 2 aliphatic heterocycles. The molecular weight excluding hydrogens is 512 g/mol. The minimum Gasteiger partial charge on any atom is -0.318 e. The number of carbonyl (C=O) groups excluding carboxylic acids is 1. The fraction of sp³-hybridized carbons (Fsp3) is 0.759. The molecule has 0 aromatic heterocycles. The molecule has 2 atom stereocenters. The Morgan fingerprint density at radius 3 is 2.00 bits per heavy atom. The number of nitrogens with zero attached hydrogens (tertiary/aromatic N) is 3. The highest BCUT2D eigenvalue weighted by molar-refractivity contribution is 7.87. The molecule has 2 aliphatic carbocycles. The molecule has 2 saturated heterocycles. The number of aryl methyl sites for hydroxylation is 2. The number of fused-ring (bicyclic) bond motifs is 2. The van der Waals surface area contributed by atoms with Gasteiger partial charge in [-0.3, -0.25) is 0 Å². The fourth-order valence-electron chi connectivity index (χ4n) is 6.71. The topological polar surface area (TPSA) is 97.0 Å². The Morgan fingerprint density at radius 1 is 0.897 bits per heavy atom. The van der Waals surface area contributed by atoms with Crippen molar-refractivity contribution in [2.24, 2.45) is 0 Å². The van der Waals surface area contributed by atoms with E-state index in [0.717, 1.165) is 82.6 Å². The van der Waals surface area contributed by atoms with Crippen molar-refractivity contribution in [3.8, 4) is 0 Å². The van der Waals surface area contributed by atoms with Gasteiger partial charge >= 0.3 is 16.2 Å². The normalized spacial score (nSPS) is 23.6. The molecule has 10 heteroatoms. The molecule has 0 spiro atoms. The number of amides is 2. The Bertz CT molecular complexity index is 1060. The number of likely N-dealkylation sites (N-methyl/N-ethyl adjacent to an activating group) is 4. The molecule has 2 unspecified atom stereocenters. The van der Waals surface area contributed by atoms with Crippen LogP contribution in [0.5, 0.6) is 0 Å². The molecule has 220 valence electrons. The van der Waals surface area contributed by atoms with Crippen LogP contribution in [0.25, 0.3) is 0 Å². The van der Waals surface area contributed by atoms with Gasteiger partial charge in [-0.05, 0) is 121 Å². The van der Waals surface area contributed by atoms with Gasteiger partial charge in [0.25, 0.3) is 0 Å². The summed E-state index contributed by atoms with van der Waals surface area (Å²) in [5.41, 5.74) is 5.85. The summed E-state index contributed by atoms with van der Waals surface area (Å²) in [7, 11) is 3.93. The van der Waals surface area contributed by atoms with E-state index in [4.69, 9.17) is 0 Å². The van der Waals surface area contributed by atoms with Crippen molar-refractivity contribution in [1.82, 2.24) is 24.1 Å². The summed E-state index contributed by atoms with van der Waals surface area (Å²) in [4.78, 5) is 17.3. The van der Waals surface area contributed by atoms with Gasteiger partial charge < -0.3 is 20.4 Å². The molecular formula is C29H50N6O3S. The second kappa shape index (κ2) is 13.8. The summed E-state index contributed by atoms with van der Waals surface area (Å²) in [6.07, 6.45) is 13.5. The zero-order valence-corrected chi connectivity index (χ0v) is 25.3. The molecule has 5 rings (SSSR count). The first-order valence-corrected chi connectivity index (χ1v) is 16.4. The maximum atomic E-state index is 12.7. The number of hydrogen-bond acceptors (Lipinski definition) is 6. The summed E-state index contributed by atoms with van der Waals surface area (Å²) in [5, 5.41) is 6.13. The number of rotatable bonds is 7. The highest BCUT2D eigenvalue weighted by atomic mass is 32.2. The van der Waals surface area contributed by atoms with Crippen LogP contribution in [0.4, 0.5) is 10.5 Å². The van der Waals surface area contributed by atoms with Gasteiger partial charge in [0, 0.05) is 37.9 Å². The summed E-state index contributed by atoms with van der Waals surface area (Å²) >= 11 is 0. The lowest BCUT2D eigenvalue weighted by atomic mass is 9.99. The van der Waals surface area contributed by atoms with E-state index in [1.807, 2.05) is 14.1 Å². The van der Waals surface area contributed by atoms with E-state index in [1.165, 1.54) is 59.4 Å². The van der Waals surface area contributed by atoms with Gasteiger partial charge in [-0.1, -0.05) is 18.9 Å². The molecule has 2 amide bonds. The lowest BCUT2D eigenvalue weighted by Crippen LogP contribution is -2.49.